The number of anilines is 1. The van der Waals surface area contributed by atoms with Crippen LogP contribution in [0.5, 0.6) is 0 Å². The van der Waals surface area contributed by atoms with Crippen molar-refractivity contribution in [2.24, 2.45) is 0 Å². The van der Waals surface area contributed by atoms with Gasteiger partial charge in [0.1, 0.15) is 5.82 Å². The first-order valence-corrected chi connectivity index (χ1v) is 4.94. The van der Waals surface area contributed by atoms with Crippen LogP contribution >= 0.6 is 0 Å². The van der Waals surface area contributed by atoms with E-state index in [1.165, 1.54) is 7.05 Å². The molecule has 2 amide bonds. The molecule has 0 radical (unpaired) electrons. The highest BCUT2D eigenvalue weighted by atomic mass is 19.1. The van der Waals surface area contributed by atoms with Gasteiger partial charge >= 0.3 is 12.0 Å². The number of terminal acetylenes is 1. The minimum atomic E-state index is -1.26. The Morgan fingerprint density at radius 1 is 1.56 bits per heavy atom. The Bertz CT molecular complexity index is 523. The summed E-state index contributed by atoms with van der Waals surface area (Å²) in [5, 5.41) is 11.2. The molecule has 0 fully saturated rings. The molecule has 0 atom stereocenters. The summed E-state index contributed by atoms with van der Waals surface area (Å²) in [5.41, 5.74) is -0.310. The molecule has 0 heterocycles. The molecule has 0 aromatic heterocycles. The maximum atomic E-state index is 13.0. The van der Waals surface area contributed by atoms with Gasteiger partial charge in [0.15, 0.2) is 0 Å². The van der Waals surface area contributed by atoms with Crippen LogP contribution in [0.4, 0.5) is 14.9 Å². The van der Waals surface area contributed by atoms with Gasteiger partial charge in [0.05, 0.1) is 17.8 Å². The number of halogens is 1. The standard InChI is InChI=1S/C12H11FN2O3/c1-3-6-15(2)12(18)14-10-7-8(13)4-5-9(10)11(16)17/h1,4-5,7H,6H2,2H3,(H,14,18)(H,16,17). The number of carbonyl (C=O) groups is 2. The number of carboxylic acids is 1. The van der Waals surface area contributed by atoms with Gasteiger partial charge in [-0.05, 0) is 18.2 Å². The molecule has 6 heteroatoms. The number of rotatable bonds is 3. The van der Waals surface area contributed by atoms with Crippen LogP contribution in [0.25, 0.3) is 0 Å². The number of carboxylic acid groups (broad SMARTS) is 1. The lowest BCUT2D eigenvalue weighted by molar-refractivity contribution is 0.0698. The van der Waals surface area contributed by atoms with Gasteiger partial charge in [-0.2, -0.15) is 0 Å². The predicted molar refractivity (Wildman–Crippen MR) is 63.8 cm³/mol. The van der Waals surface area contributed by atoms with Gasteiger partial charge in [-0.3, -0.25) is 0 Å². The molecule has 0 aliphatic rings. The molecule has 0 spiro atoms. The minimum Gasteiger partial charge on any atom is -0.478 e. The zero-order valence-electron chi connectivity index (χ0n) is 9.61. The molecule has 0 bridgehead atoms. The van der Waals surface area contributed by atoms with Gasteiger partial charge in [-0.1, -0.05) is 5.92 Å². The number of nitrogens with zero attached hydrogens (tertiary/aromatic N) is 1. The quantitative estimate of drug-likeness (QED) is 0.801. The number of carbonyl (C=O) groups excluding carboxylic acids is 1. The summed E-state index contributed by atoms with van der Waals surface area (Å²) >= 11 is 0. The van der Waals surface area contributed by atoms with E-state index in [1.54, 1.807) is 0 Å². The van der Waals surface area contributed by atoms with E-state index in [2.05, 4.69) is 11.2 Å². The smallest absolute Gasteiger partial charge is 0.337 e. The van der Waals surface area contributed by atoms with Gasteiger partial charge in [-0.25, -0.2) is 14.0 Å². The largest absolute Gasteiger partial charge is 0.478 e. The van der Waals surface area contributed by atoms with Gasteiger partial charge in [-0.15, -0.1) is 6.42 Å². The summed E-state index contributed by atoms with van der Waals surface area (Å²) in [5.74, 6) is 0.355. The minimum absolute atomic E-state index is 0.0591. The number of hydrogen-bond donors (Lipinski definition) is 2. The Balaban J connectivity index is 2.96. The van der Waals surface area contributed by atoms with E-state index in [4.69, 9.17) is 11.5 Å². The van der Waals surface area contributed by atoms with E-state index in [9.17, 15) is 14.0 Å². The van der Waals surface area contributed by atoms with Crippen LogP contribution in [0.2, 0.25) is 0 Å². The maximum absolute atomic E-state index is 13.0. The van der Waals surface area contributed by atoms with Crippen molar-refractivity contribution in [2.75, 3.05) is 18.9 Å². The average molecular weight is 250 g/mol. The second-order valence-electron chi connectivity index (χ2n) is 3.49. The van der Waals surface area contributed by atoms with Crippen LogP contribution in [0.3, 0.4) is 0 Å². The van der Waals surface area contributed by atoms with Crippen molar-refractivity contribution in [3.63, 3.8) is 0 Å². The first-order valence-electron chi connectivity index (χ1n) is 4.94. The Morgan fingerprint density at radius 3 is 2.78 bits per heavy atom. The Hall–Kier alpha value is -2.55. The number of nitrogens with one attached hydrogen (secondary N) is 1. The van der Waals surface area contributed by atoms with Crippen molar-refractivity contribution in [3.8, 4) is 12.3 Å². The van der Waals surface area contributed by atoms with Crippen LogP contribution < -0.4 is 5.32 Å². The molecular formula is C12H11FN2O3. The SMILES string of the molecule is C#CCN(C)C(=O)Nc1cc(F)ccc1C(=O)O. The van der Waals surface area contributed by atoms with Crippen LogP contribution in [-0.2, 0) is 0 Å². The molecule has 18 heavy (non-hydrogen) atoms. The lowest BCUT2D eigenvalue weighted by atomic mass is 10.2. The topological polar surface area (TPSA) is 69.6 Å². The lowest BCUT2D eigenvalue weighted by Gasteiger charge is -2.16. The highest BCUT2D eigenvalue weighted by Gasteiger charge is 2.15. The monoisotopic (exact) mass is 250 g/mol. The van der Waals surface area contributed by atoms with Crippen molar-refractivity contribution in [1.82, 2.24) is 4.90 Å². The van der Waals surface area contributed by atoms with Gasteiger partial charge in [0.25, 0.3) is 0 Å². The third-order valence-corrected chi connectivity index (χ3v) is 2.13. The fourth-order valence-electron chi connectivity index (χ4n) is 1.23. The number of hydrogen-bond acceptors (Lipinski definition) is 2. The van der Waals surface area contributed by atoms with Gasteiger partial charge in [0.2, 0.25) is 0 Å². The lowest BCUT2D eigenvalue weighted by Crippen LogP contribution is -2.32. The highest BCUT2D eigenvalue weighted by Crippen LogP contribution is 2.17. The van der Waals surface area contributed by atoms with E-state index in [0.717, 1.165) is 23.1 Å². The van der Waals surface area contributed by atoms with Gasteiger partial charge < -0.3 is 15.3 Å². The van der Waals surface area contributed by atoms with Crippen LogP contribution in [0.1, 0.15) is 10.4 Å². The van der Waals surface area contributed by atoms with Crippen LogP contribution in [0, 0.1) is 18.2 Å². The summed E-state index contributed by atoms with van der Waals surface area (Å²) < 4.78 is 13.0. The van der Waals surface area contributed by atoms with Crippen molar-refractivity contribution in [1.29, 1.82) is 0 Å². The number of amides is 2. The Labute approximate surface area is 103 Å². The van der Waals surface area contributed by atoms with Crippen molar-refractivity contribution < 1.29 is 19.1 Å². The molecule has 0 unspecified atom stereocenters. The zero-order valence-corrected chi connectivity index (χ0v) is 9.61. The van der Waals surface area contributed by atoms with E-state index in [-0.39, 0.29) is 17.8 Å². The van der Waals surface area contributed by atoms with E-state index in [1.807, 2.05) is 0 Å². The number of urea groups is 1. The predicted octanol–water partition coefficient (Wildman–Crippen LogP) is 1.62. The molecule has 0 saturated heterocycles. The third-order valence-electron chi connectivity index (χ3n) is 2.13. The van der Waals surface area contributed by atoms with E-state index < -0.39 is 17.8 Å². The van der Waals surface area contributed by atoms with Crippen LogP contribution in [-0.4, -0.2) is 35.6 Å². The Morgan fingerprint density at radius 2 is 2.22 bits per heavy atom. The molecule has 5 nitrogen and oxygen atoms in total. The molecule has 1 aromatic carbocycles. The fraction of sp³-hybridized carbons (Fsp3) is 0.167. The van der Waals surface area contributed by atoms with Crippen molar-refractivity contribution >= 4 is 17.7 Å². The Kier molecular flexibility index (Phi) is 4.27. The summed E-state index contributed by atoms with van der Waals surface area (Å²) in [7, 11) is 1.44. The third kappa shape index (κ3) is 3.22. The summed E-state index contributed by atoms with van der Waals surface area (Å²) in [4.78, 5) is 23.6. The summed E-state index contributed by atoms with van der Waals surface area (Å²) in [6.45, 7) is 0.0591. The number of benzene rings is 1. The number of aromatic carboxylic acids is 1. The van der Waals surface area contributed by atoms with Gasteiger partial charge in [0, 0.05) is 7.05 Å². The summed E-state index contributed by atoms with van der Waals surface area (Å²) in [6.07, 6.45) is 5.04. The molecule has 1 aromatic rings. The molecule has 94 valence electrons. The molecule has 0 aliphatic heterocycles. The van der Waals surface area contributed by atoms with E-state index >= 15 is 0 Å². The zero-order chi connectivity index (χ0) is 13.7. The van der Waals surface area contributed by atoms with Crippen molar-refractivity contribution in [2.45, 2.75) is 0 Å². The average Bonchev–Trinajstić information content (AvgIpc) is 2.28. The first-order chi connectivity index (χ1) is 8.45. The molecule has 2 N–H and O–H groups in total. The second-order valence-corrected chi connectivity index (χ2v) is 3.49. The molecular weight excluding hydrogens is 239 g/mol. The maximum Gasteiger partial charge on any atom is 0.337 e. The normalized spacial score (nSPS) is 9.39. The second kappa shape index (κ2) is 5.68. The molecule has 0 aliphatic carbocycles. The van der Waals surface area contributed by atoms with Crippen LogP contribution in [0.15, 0.2) is 18.2 Å². The summed E-state index contributed by atoms with van der Waals surface area (Å²) in [6, 6.07) is 2.41. The molecule has 1 rings (SSSR count). The van der Waals surface area contributed by atoms with E-state index in [0.29, 0.717) is 0 Å². The fourth-order valence-corrected chi connectivity index (χ4v) is 1.23. The highest BCUT2D eigenvalue weighted by molar-refractivity contribution is 5.99. The first kappa shape index (κ1) is 13.5. The van der Waals surface area contributed by atoms with Crippen molar-refractivity contribution in [3.05, 3.63) is 29.6 Å². The molecule has 0 saturated carbocycles.